The van der Waals surface area contributed by atoms with Crippen molar-refractivity contribution in [2.75, 3.05) is 19.8 Å². The van der Waals surface area contributed by atoms with Gasteiger partial charge in [0.15, 0.2) is 0 Å². The fourth-order valence-corrected chi connectivity index (χ4v) is 1.82. The Morgan fingerprint density at radius 2 is 1.41 bits per heavy atom. The summed E-state index contributed by atoms with van der Waals surface area (Å²) in [6.07, 6.45) is 2.88. The van der Waals surface area contributed by atoms with E-state index in [4.69, 9.17) is 19.3 Å². The Morgan fingerprint density at radius 3 is 1.74 bits per heavy atom. The third kappa shape index (κ3) is 22.6. The topological polar surface area (TPSA) is 91.3 Å². The predicted octanol–water partition coefficient (Wildman–Crippen LogP) is 5.08. The van der Waals surface area contributed by atoms with Crippen LogP contribution in [0.5, 0.6) is 0 Å². The van der Waals surface area contributed by atoms with Crippen molar-refractivity contribution >= 4 is 12.3 Å². The van der Waals surface area contributed by atoms with Gasteiger partial charge in [0.1, 0.15) is 11.2 Å². The Hall–Kier alpha value is -1.34. The van der Waals surface area contributed by atoms with Crippen LogP contribution in [-0.4, -0.2) is 48.4 Å². The molecule has 162 valence electrons. The van der Waals surface area contributed by atoms with Crippen LogP contribution in [0.1, 0.15) is 81.1 Å². The summed E-state index contributed by atoms with van der Waals surface area (Å²) >= 11 is 0. The molecular formula is C20H40O7. The molecule has 0 saturated heterocycles. The molecule has 0 fully saturated rings. The fourth-order valence-electron chi connectivity index (χ4n) is 1.82. The zero-order valence-corrected chi connectivity index (χ0v) is 18.4. The Kier molecular flexibility index (Phi) is 15.2. The number of unbranched alkanes of at least 4 members (excludes halogenated alkanes) is 1. The highest BCUT2D eigenvalue weighted by molar-refractivity contribution is 5.77. The molecule has 7 nitrogen and oxygen atoms in total. The average molecular weight is 393 g/mol. The minimum absolute atomic E-state index is 0.143. The molecule has 0 aliphatic rings. The van der Waals surface area contributed by atoms with Gasteiger partial charge in [-0.3, -0.25) is 0 Å². The van der Waals surface area contributed by atoms with Crippen molar-refractivity contribution in [2.45, 2.75) is 92.3 Å². The van der Waals surface area contributed by atoms with E-state index in [1.54, 1.807) is 41.5 Å². The smallest absolute Gasteiger partial charge is 0.428 e. The van der Waals surface area contributed by atoms with Crippen LogP contribution >= 0.6 is 0 Å². The molecule has 0 saturated carbocycles. The molecule has 0 aliphatic carbocycles. The molecule has 0 aliphatic heterocycles. The molecule has 1 N–H and O–H groups in total. The first-order valence-corrected chi connectivity index (χ1v) is 9.67. The highest BCUT2D eigenvalue weighted by Crippen LogP contribution is 2.13. The van der Waals surface area contributed by atoms with Crippen LogP contribution < -0.4 is 0 Å². The summed E-state index contributed by atoms with van der Waals surface area (Å²) in [6.45, 7) is 15.9. The molecule has 0 spiro atoms. The van der Waals surface area contributed by atoms with Crippen molar-refractivity contribution in [2.24, 2.45) is 5.92 Å². The zero-order chi connectivity index (χ0) is 21.5. The molecule has 1 atom stereocenters. The van der Waals surface area contributed by atoms with E-state index >= 15 is 0 Å². The van der Waals surface area contributed by atoms with Crippen LogP contribution in [-0.2, 0) is 18.9 Å². The van der Waals surface area contributed by atoms with Gasteiger partial charge < -0.3 is 24.1 Å². The van der Waals surface area contributed by atoms with Crippen molar-refractivity contribution in [3.8, 4) is 0 Å². The van der Waals surface area contributed by atoms with Gasteiger partial charge >= 0.3 is 12.3 Å². The Bertz CT molecular complexity index is 368. The predicted molar refractivity (Wildman–Crippen MR) is 105 cm³/mol. The lowest BCUT2D eigenvalue weighted by atomic mass is 10.0. The molecule has 7 heteroatoms. The maximum atomic E-state index is 11.0. The van der Waals surface area contributed by atoms with Gasteiger partial charge in [0.25, 0.3) is 0 Å². The lowest BCUT2D eigenvalue weighted by Gasteiger charge is -2.20. The third-order valence-electron chi connectivity index (χ3n) is 3.08. The van der Waals surface area contributed by atoms with Crippen molar-refractivity contribution in [1.29, 1.82) is 0 Å². The van der Waals surface area contributed by atoms with Gasteiger partial charge in [-0.05, 0) is 53.9 Å². The number of hydrogen-bond acceptors (Lipinski definition) is 7. The van der Waals surface area contributed by atoms with Gasteiger partial charge in [0.05, 0.1) is 13.2 Å². The second-order valence-corrected chi connectivity index (χ2v) is 8.25. The van der Waals surface area contributed by atoms with Crippen LogP contribution in [0.25, 0.3) is 0 Å². The highest BCUT2D eigenvalue weighted by atomic mass is 16.8. The molecule has 0 amide bonds. The van der Waals surface area contributed by atoms with E-state index < -0.39 is 23.5 Å². The van der Waals surface area contributed by atoms with Crippen LogP contribution in [0.15, 0.2) is 0 Å². The molecule has 0 radical (unpaired) electrons. The van der Waals surface area contributed by atoms with Crippen molar-refractivity contribution in [3.63, 3.8) is 0 Å². The minimum Gasteiger partial charge on any atom is -0.428 e. The van der Waals surface area contributed by atoms with Gasteiger partial charge in [-0.15, -0.1) is 0 Å². The van der Waals surface area contributed by atoms with E-state index in [0.717, 1.165) is 6.61 Å². The molecule has 0 heterocycles. The summed E-state index contributed by atoms with van der Waals surface area (Å²) in [6, 6.07) is 0. The first-order chi connectivity index (χ1) is 12.3. The third-order valence-corrected chi connectivity index (χ3v) is 3.08. The molecule has 0 aromatic carbocycles. The quantitative estimate of drug-likeness (QED) is 0.350. The van der Waals surface area contributed by atoms with Gasteiger partial charge in [-0.2, -0.15) is 0 Å². The number of rotatable bonds is 8. The summed E-state index contributed by atoms with van der Waals surface area (Å²) in [5, 5.41) is 8.50. The Morgan fingerprint density at radius 1 is 0.926 bits per heavy atom. The number of ether oxygens (including phenoxy) is 4. The lowest BCUT2D eigenvalue weighted by Crippen LogP contribution is -2.29. The number of hydrogen-bond donors (Lipinski definition) is 1. The molecule has 27 heavy (non-hydrogen) atoms. The average Bonchev–Trinajstić information content (AvgIpc) is 2.47. The van der Waals surface area contributed by atoms with Gasteiger partial charge in [0.2, 0.25) is 0 Å². The van der Waals surface area contributed by atoms with E-state index in [0.29, 0.717) is 12.5 Å². The maximum absolute atomic E-state index is 11.0. The van der Waals surface area contributed by atoms with E-state index in [2.05, 4.69) is 18.6 Å². The second kappa shape index (κ2) is 14.7. The first kappa shape index (κ1) is 27.9. The minimum atomic E-state index is -1.06. The number of aliphatic hydroxyl groups excluding tert-OH is 1. The zero-order valence-electron chi connectivity index (χ0n) is 18.4. The van der Waals surface area contributed by atoms with Crippen LogP contribution in [0.2, 0.25) is 0 Å². The number of carbonyl (C=O) groups is 2. The molecule has 0 bridgehead atoms. The molecule has 0 rings (SSSR count). The summed E-state index contributed by atoms with van der Waals surface area (Å²) in [5.41, 5.74) is -1.39. The monoisotopic (exact) mass is 392 g/mol. The number of aliphatic hydroxyl groups is 1. The van der Waals surface area contributed by atoms with Crippen molar-refractivity contribution in [3.05, 3.63) is 0 Å². The van der Waals surface area contributed by atoms with Crippen LogP contribution in [0.3, 0.4) is 0 Å². The molecule has 1 unspecified atom stereocenters. The summed E-state index contributed by atoms with van der Waals surface area (Å²) in [5.74, 6) is 0.691. The van der Waals surface area contributed by atoms with E-state index in [-0.39, 0.29) is 6.61 Å². The summed E-state index contributed by atoms with van der Waals surface area (Å²) in [4.78, 5) is 22.0. The van der Waals surface area contributed by atoms with Gasteiger partial charge in [-0.25, -0.2) is 9.59 Å². The molecule has 0 aromatic rings. The van der Waals surface area contributed by atoms with E-state index in [1.807, 2.05) is 0 Å². The largest absolute Gasteiger partial charge is 0.519 e. The van der Waals surface area contributed by atoms with Gasteiger partial charge in [0, 0.05) is 6.61 Å². The second-order valence-electron chi connectivity index (χ2n) is 8.25. The van der Waals surface area contributed by atoms with Crippen LogP contribution in [0.4, 0.5) is 9.59 Å². The SMILES string of the molecule is CC(C)(C)OC(=O)OC(=O)OC(C)(C)C.CCCCC(CC)COCCO. The normalized spacial score (nSPS) is 12.5. The van der Waals surface area contributed by atoms with Crippen LogP contribution in [0, 0.1) is 5.92 Å². The highest BCUT2D eigenvalue weighted by Gasteiger charge is 2.24. The molecular weight excluding hydrogens is 352 g/mol. The van der Waals surface area contributed by atoms with E-state index in [9.17, 15) is 9.59 Å². The summed E-state index contributed by atoms with van der Waals surface area (Å²) < 4.78 is 19.1. The first-order valence-electron chi connectivity index (χ1n) is 9.67. The maximum Gasteiger partial charge on any atom is 0.519 e. The lowest BCUT2D eigenvalue weighted by molar-refractivity contribution is -0.0293. The Labute approximate surface area is 164 Å². The van der Waals surface area contributed by atoms with Crippen molar-refractivity contribution in [1.82, 2.24) is 0 Å². The number of carbonyl (C=O) groups excluding carboxylic acids is 2. The van der Waals surface area contributed by atoms with Crippen molar-refractivity contribution < 1.29 is 33.6 Å². The standard InChI is InChI=1S/C10H18O5.C10H22O2/c1-9(2,3)14-7(11)13-8(12)15-10(4,5)6;1-3-5-6-10(4-2)9-12-8-7-11/h1-6H3;10-11H,3-9H2,1-2H3. The van der Waals surface area contributed by atoms with E-state index in [1.165, 1.54) is 25.7 Å². The fraction of sp³-hybridized carbons (Fsp3) is 0.900. The summed E-state index contributed by atoms with van der Waals surface area (Å²) in [7, 11) is 0. The Balaban J connectivity index is 0. The molecule has 0 aromatic heterocycles. The van der Waals surface area contributed by atoms with Gasteiger partial charge in [-0.1, -0.05) is 33.1 Å².